The van der Waals surface area contributed by atoms with E-state index in [1.807, 2.05) is 0 Å². The van der Waals surface area contributed by atoms with Crippen molar-refractivity contribution in [2.45, 2.75) is 27.3 Å². The second-order valence-corrected chi connectivity index (χ2v) is 5.14. The summed E-state index contributed by atoms with van der Waals surface area (Å²) in [6.45, 7) is 5.05. The first kappa shape index (κ1) is 16.7. The Hall–Kier alpha value is -2.63. The lowest BCUT2D eigenvalue weighted by Crippen LogP contribution is -2.15. The molecule has 0 spiro atoms. The molecule has 0 radical (unpaired) electrons. The molecule has 1 aromatic heterocycles. The number of rotatable bonds is 5. The first-order chi connectivity index (χ1) is 10.9. The van der Waals surface area contributed by atoms with Crippen LogP contribution >= 0.6 is 0 Å². The molecule has 0 saturated heterocycles. The summed E-state index contributed by atoms with van der Waals surface area (Å²) in [5, 5.41) is 9.38. The number of nitrogens with zero attached hydrogens (tertiary/aromatic N) is 1. The van der Waals surface area contributed by atoms with E-state index in [1.165, 1.54) is 10.6 Å². The zero-order valence-electron chi connectivity index (χ0n) is 13.2. The molecule has 0 saturated carbocycles. The molecule has 0 fully saturated rings. The van der Waals surface area contributed by atoms with Gasteiger partial charge >= 0.3 is 11.9 Å². The normalized spacial score (nSPS) is 10.6. The molecule has 1 heterocycles. The van der Waals surface area contributed by atoms with E-state index in [-0.39, 0.29) is 24.4 Å². The molecular weight excluding hydrogens is 301 g/mol. The van der Waals surface area contributed by atoms with Crippen LogP contribution in [0.25, 0.3) is 0 Å². The van der Waals surface area contributed by atoms with Gasteiger partial charge in [-0.15, -0.1) is 0 Å². The van der Waals surface area contributed by atoms with Crippen LogP contribution in [0.15, 0.2) is 24.3 Å². The molecule has 1 aromatic carbocycles. The zero-order valence-corrected chi connectivity index (χ0v) is 13.2. The first-order valence-electron chi connectivity index (χ1n) is 7.22. The predicted molar refractivity (Wildman–Crippen MR) is 82.3 cm³/mol. The number of aromatic carboxylic acids is 1. The van der Waals surface area contributed by atoms with Crippen molar-refractivity contribution in [2.24, 2.45) is 0 Å². The third-order valence-electron chi connectivity index (χ3n) is 3.74. The van der Waals surface area contributed by atoms with Crippen LogP contribution in [0.3, 0.4) is 0 Å². The molecule has 1 N–H and O–H groups in total. The number of hydrogen-bond acceptors (Lipinski definition) is 3. The average Bonchev–Trinajstić information content (AvgIpc) is 2.72. The molecule has 0 amide bonds. The van der Waals surface area contributed by atoms with Crippen LogP contribution in [0.1, 0.15) is 44.6 Å². The quantitative estimate of drug-likeness (QED) is 0.860. The Morgan fingerprint density at radius 3 is 2.48 bits per heavy atom. The Kier molecular flexibility index (Phi) is 4.83. The van der Waals surface area contributed by atoms with Crippen LogP contribution in [0, 0.1) is 19.7 Å². The number of carbonyl (C=O) groups is 2. The highest BCUT2D eigenvalue weighted by Gasteiger charge is 2.27. The highest BCUT2D eigenvalue weighted by atomic mass is 19.1. The van der Waals surface area contributed by atoms with Crippen molar-refractivity contribution in [3.63, 3.8) is 0 Å². The second kappa shape index (κ2) is 6.64. The van der Waals surface area contributed by atoms with Gasteiger partial charge in [-0.2, -0.15) is 0 Å². The van der Waals surface area contributed by atoms with E-state index in [0.29, 0.717) is 16.8 Å². The van der Waals surface area contributed by atoms with E-state index >= 15 is 0 Å². The van der Waals surface area contributed by atoms with E-state index in [4.69, 9.17) is 4.74 Å². The van der Waals surface area contributed by atoms with Gasteiger partial charge in [-0.3, -0.25) is 0 Å². The largest absolute Gasteiger partial charge is 0.478 e. The van der Waals surface area contributed by atoms with Crippen LogP contribution in [-0.2, 0) is 11.3 Å². The number of aromatic nitrogens is 1. The van der Waals surface area contributed by atoms with Gasteiger partial charge in [0.15, 0.2) is 0 Å². The van der Waals surface area contributed by atoms with Crippen LogP contribution < -0.4 is 0 Å². The number of halogens is 1. The van der Waals surface area contributed by atoms with E-state index in [0.717, 1.165) is 0 Å². The maximum atomic E-state index is 13.9. The smallest absolute Gasteiger partial charge is 0.355 e. The molecule has 0 aliphatic rings. The Labute approximate surface area is 133 Å². The van der Waals surface area contributed by atoms with Gasteiger partial charge in [0.2, 0.25) is 0 Å². The Morgan fingerprint density at radius 2 is 1.91 bits per heavy atom. The standard InChI is InChI=1S/C17H18FNO4/c1-4-23-17(22)15-10(2)14(16(20)21)11(3)19(15)9-12-7-5-6-8-13(12)18/h5-8H,4,9H2,1-3H3,(H,20,21). The molecule has 122 valence electrons. The van der Waals surface area contributed by atoms with Crippen LogP contribution in [0.4, 0.5) is 4.39 Å². The van der Waals surface area contributed by atoms with Crippen molar-refractivity contribution in [1.29, 1.82) is 0 Å². The van der Waals surface area contributed by atoms with Gasteiger partial charge in [-0.05, 0) is 32.4 Å². The molecule has 0 bridgehead atoms. The van der Waals surface area contributed by atoms with Crippen LogP contribution in [0.5, 0.6) is 0 Å². The summed E-state index contributed by atoms with van der Waals surface area (Å²) in [4.78, 5) is 23.7. The van der Waals surface area contributed by atoms with Crippen molar-refractivity contribution < 1.29 is 23.8 Å². The number of carboxylic acid groups (broad SMARTS) is 1. The van der Waals surface area contributed by atoms with Gasteiger partial charge in [0.05, 0.1) is 18.7 Å². The summed E-state index contributed by atoms with van der Waals surface area (Å²) >= 11 is 0. The third kappa shape index (κ3) is 3.11. The highest BCUT2D eigenvalue weighted by molar-refractivity contribution is 5.98. The zero-order chi connectivity index (χ0) is 17.1. The molecule has 2 aromatic rings. The number of benzene rings is 1. The summed E-state index contributed by atoms with van der Waals surface area (Å²) < 4.78 is 20.4. The van der Waals surface area contributed by atoms with Gasteiger partial charge in [-0.1, -0.05) is 18.2 Å². The lowest BCUT2D eigenvalue weighted by molar-refractivity contribution is 0.0513. The molecule has 0 aliphatic carbocycles. The monoisotopic (exact) mass is 319 g/mol. The summed E-state index contributed by atoms with van der Waals surface area (Å²) in [5.41, 5.74) is 1.27. The summed E-state index contributed by atoms with van der Waals surface area (Å²) in [6.07, 6.45) is 0. The number of esters is 1. The van der Waals surface area contributed by atoms with Gasteiger partial charge in [0.25, 0.3) is 0 Å². The van der Waals surface area contributed by atoms with Gasteiger partial charge in [0, 0.05) is 11.3 Å². The molecule has 23 heavy (non-hydrogen) atoms. The lowest BCUT2D eigenvalue weighted by Gasteiger charge is -2.12. The number of ether oxygens (including phenoxy) is 1. The molecule has 0 aliphatic heterocycles. The Bertz CT molecular complexity index is 764. The minimum Gasteiger partial charge on any atom is -0.478 e. The fraction of sp³-hybridized carbons (Fsp3) is 0.294. The van der Waals surface area contributed by atoms with Crippen molar-refractivity contribution >= 4 is 11.9 Å². The van der Waals surface area contributed by atoms with Crippen molar-refractivity contribution in [1.82, 2.24) is 4.57 Å². The Balaban J connectivity index is 2.61. The third-order valence-corrected chi connectivity index (χ3v) is 3.74. The average molecular weight is 319 g/mol. The van der Waals surface area contributed by atoms with E-state index in [9.17, 15) is 19.1 Å². The minimum absolute atomic E-state index is 0.0457. The topological polar surface area (TPSA) is 68.5 Å². The van der Waals surface area contributed by atoms with E-state index in [1.54, 1.807) is 39.0 Å². The molecule has 0 unspecified atom stereocenters. The van der Waals surface area contributed by atoms with Gasteiger partial charge in [0.1, 0.15) is 11.5 Å². The number of carbonyl (C=O) groups excluding carboxylic acids is 1. The first-order valence-corrected chi connectivity index (χ1v) is 7.22. The lowest BCUT2D eigenvalue weighted by atomic mass is 10.1. The fourth-order valence-corrected chi connectivity index (χ4v) is 2.67. The number of hydrogen-bond donors (Lipinski definition) is 1. The Morgan fingerprint density at radius 1 is 1.26 bits per heavy atom. The van der Waals surface area contributed by atoms with Crippen molar-refractivity contribution in [3.8, 4) is 0 Å². The summed E-state index contributed by atoms with van der Waals surface area (Å²) in [7, 11) is 0. The van der Waals surface area contributed by atoms with Crippen molar-refractivity contribution in [2.75, 3.05) is 6.61 Å². The van der Waals surface area contributed by atoms with E-state index < -0.39 is 17.8 Å². The van der Waals surface area contributed by atoms with E-state index in [2.05, 4.69) is 0 Å². The molecule has 6 heteroatoms. The van der Waals surface area contributed by atoms with Gasteiger partial charge in [-0.25, -0.2) is 14.0 Å². The molecular formula is C17H18FNO4. The summed E-state index contributed by atoms with van der Waals surface area (Å²) in [5.74, 6) is -2.15. The minimum atomic E-state index is -1.13. The van der Waals surface area contributed by atoms with Crippen LogP contribution in [-0.4, -0.2) is 28.2 Å². The number of carboxylic acids is 1. The maximum Gasteiger partial charge on any atom is 0.355 e. The SMILES string of the molecule is CCOC(=O)c1c(C)c(C(=O)O)c(C)n1Cc1ccccc1F. The summed E-state index contributed by atoms with van der Waals surface area (Å²) in [6, 6.07) is 6.18. The fourth-order valence-electron chi connectivity index (χ4n) is 2.67. The predicted octanol–water partition coefficient (Wildman–Crippen LogP) is 3.17. The van der Waals surface area contributed by atoms with Crippen LogP contribution in [0.2, 0.25) is 0 Å². The second-order valence-electron chi connectivity index (χ2n) is 5.14. The van der Waals surface area contributed by atoms with Gasteiger partial charge < -0.3 is 14.4 Å². The molecule has 0 atom stereocenters. The molecule has 2 rings (SSSR count). The van der Waals surface area contributed by atoms with Crippen molar-refractivity contribution in [3.05, 3.63) is 58.2 Å². The maximum absolute atomic E-state index is 13.9. The highest BCUT2D eigenvalue weighted by Crippen LogP contribution is 2.25. The molecule has 5 nitrogen and oxygen atoms in total.